The average Bonchev–Trinajstić information content (AvgIpc) is 2.92. The number of carbonyl (C=O) groups excluding carboxylic acids is 1. The molecule has 1 saturated carbocycles. The second kappa shape index (κ2) is 7.18. The van der Waals surface area contributed by atoms with Crippen LogP contribution in [0.3, 0.4) is 0 Å². The van der Waals surface area contributed by atoms with E-state index in [1.807, 2.05) is 0 Å². The van der Waals surface area contributed by atoms with Gasteiger partial charge in [0, 0.05) is 23.6 Å². The molecule has 1 aliphatic carbocycles. The summed E-state index contributed by atoms with van der Waals surface area (Å²) in [4.78, 5) is 14.3. The van der Waals surface area contributed by atoms with Gasteiger partial charge in [-0.05, 0) is 48.0 Å². The number of benzene rings is 1. The molecule has 5 heteroatoms. The van der Waals surface area contributed by atoms with Gasteiger partial charge in [-0.2, -0.15) is 0 Å². The smallest absolute Gasteiger partial charge is 0.255 e. The highest BCUT2D eigenvalue weighted by Gasteiger charge is 2.20. The SMILES string of the molecule is CN(CCNC(=O)c1c(F)cccc1Br)C1CCCC1. The molecule has 1 aromatic rings. The van der Waals surface area contributed by atoms with E-state index in [1.54, 1.807) is 12.1 Å². The largest absolute Gasteiger partial charge is 0.351 e. The standard InChI is InChI=1S/C15H20BrFN2O/c1-19(11-5-2-3-6-11)10-9-18-15(20)14-12(16)7-4-8-13(14)17/h4,7-8,11H,2-3,5-6,9-10H2,1H3,(H,18,20). The van der Waals surface area contributed by atoms with E-state index in [1.165, 1.54) is 31.7 Å². The van der Waals surface area contributed by atoms with Crippen LogP contribution < -0.4 is 5.32 Å². The minimum atomic E-state index is -0.499. The molecule has 1 aromatic carbocycles. The van der Waals surface area contributed by atoms with Crippen LogP contribution in [0, 0.1) is 5.82 Å². The average molecular weight is 343 g/mol. The molecule has 3 nitrogen and oxygen atoms in total. The van der Waals surface area contributed by atoms with Gasteiger partial charge in [-0.3, -0.25) is 4.79 Å². The van der Waals surface area contributed by atoms with E-state index in [9.17, 15) is 9.18 Å². The molecule has 1 N–H and O–H groups in total. The quantitative estimate of drug-likeness (QED) is 0.891. The molecule has 1 aliphatic rings. The molecule has 0 radical (unpaired) electrons. The van der Waals surface area contributed by atoms with E-state index in [0.717, 1.165) is 6.54 Å². The number of hydrogen-bond acceptors (Lipinski definition) is 2. The highest BCUT2D eigenvalue weighted by atomic mass is 79.9. The number of amides is 1. The van der Waals surface area contributed by atoms with Crippen molar-refractivity contribution in [2.75, 3.05) is 20.1 Å². The molecule has 0 atom stereocenters. The Morgan fingerprint density at radius 2 is 2.15 bits per heavy atom. The number of hydrogen-bond donors (Lipinski definition) is 1. The predicted molar refractivity (Wildman–Crippen MR) is 81.3 cm³/mol. The fourth-order valence-electron chi connectivity index (χ4n) is 2.68. The second-order valence-corrected chi connectivity index (χ2v) is 6.13. The molecular weight excluding hydrogens is 323 g/mol. The molecule has 0 heterocycles. The molecule has 0 saturated heterocycles. The molecule has 1 amide bonds. The van der Waals surface area contributed by atoms with Crippen LogP contribution in [-0.2, 0) is 0 Å². The van der Waals surface area contributed by atoms with Gasteiger partial charge in [-0.15, -0.1) is 0 Å². The van der Waals surface area contributed by atoms with Crippen LogP contribution in [0.25, 0.3) is 0 Å². The zero-order chi connectivity index (χ0) is 14.5. The summed E-state index contributed by atoms with van der Waals surface area (Å²) in [5, 5.41) is 2.78. The maximum Gasteiger partial charge on any atom is 0.255 e. The van der Waals surface area contributed by atoms with Gasteiger partial charge in [-0.1, -0.05) is 18.9 Å². The third-order valence-electron chi connectivity index (χ3n) is 3.89. The normalized spacial score (nSPS) is 15.8. The van der Waals surface area contributed by atoms with Crippen LogP contribution in [0.2, 0.25) is 0 Å². The molecular formula is C15H20BrFN2O. The highest BCUT2D eigenvalue weighted by molar-refractivity contribution is 9.10. The van der Waals surface area contributed by atoms with E-state index in [4.69, 9.17) is 0 Å². The summed E-state index contributed by atoms with van der Waals surface area (Å²) in [6, 6.07) is 5.17. The number of nitrogens with zero attached hydrogens (tertiary/aromatic N) is 1. The summed E-state index contributed by atoms with van der Waals surface area (Å²) < 4.78 is 14.1. The maximum atomic E-state index is 13.6. The van der Waals surface area contributed by atoms with E-state index in [-0.39, 0.29) is 11.5 Å². The van der Waals surface area contributed by atoms with Gasteiger partial charge in [-0.25, -0.2) is 4.39 Å². The molecule has 0 bridgehead atoms. The van der Waals surface area contributed by atoms with Crippen LogP contribution in [0.4, 0.5) is 4.39 Å². The Morgan fingerprint density at radius 1 is 1.45 bits per heavy atom. The fraction of sp³-hybridized carbons (Fsp3) is 0.533. The Balaban J connectivity index is 1.83. The summed E-state index contributed by atoms with van der Waals surface area (Å²) >= 11 is 3.21. The van der Waals surface area contributed by atoms with Crippen molar-refractivity contribution >= 4 is 21.8 Å². The lowest BCUT2D eigenvalue weighted by molar-refractivity contribution is 0.0942. The summed E-state index contributed by atoms with van der Waals surface area (Å²) in [6.45, 7) is 1.33. The van der Waals surface area contributed by atoms with Gasteiger partial charge in [0.15, 0.2) is 0 Å². The molecule has 0 aromatic heterocycles. The van der Waals surface area contributed by atoms with Gasteiger partial charge in [0.05, 0.1) is 5.56 Å². The first kappa shape index (κ1) is 15.4. The van der Waals surface area contributed by atoms with Crippen molar-refractivity contribution < 1.29 is 9.18 Å². The zero-order valence-corrected chi connectivity index (χ0v) is 13.2. The van der Waals surface area contributed by atoms with E-state index < -0.39 is 5.82 Å². The van der Waals surface area contributed by atoms with E-state index in [0.29, 0.717) is 17.1 Å². The third kappa shape index (κ3) is 3.79. The minimum absolute atomic E-state index is 0.0796. The van der Waals surface area contributed by atoms with E-state index in [2.05, 4.69) is 33.2 Å². The minimum Gasteiger partial charge on any atom is -0.351 e. The molecule has 0 spiro atoms. The lowest BCUT2D eigenvalue weighted by Crippen LogP contribution is -2.37. The van der Waals surface area contributed by atoms with Crippen LogP contribution in [-0.4, -0.2) is 37.0 Å². The summed E-state index contributed by atoms with van der Waals surface area (Å²) in [5.74, 6) is -0.865. The first-order valence-corrected chi connectivity index (χ1v) is 7.81. The summed E-state index contributed by atoms with van der Waals surface area (Å²) in [6.07, 6.45) is 5.07. The van der Waals surface area contributed by atoms with Crippen molar-refractivity contribution in [1.82, 2.24) is 10.2 Å². The van der Waals surface area contributed by atoms with Crippen molar-refractivity contribution in [3.63, 3.8) is 0 Å². The Bertz CT molecular complexity index is 455. The number of halogens is 2. The molecule has 0 aliphatic heterocycles. The summed E-state index contributed by atoms with van der Waals surface area (Å²) in [7, 11) is 2.08. The van der Waals surface area contributed by atoms with Gasteiger partial charge >= 0.3 is 0 Å². The van der Waals surface area contributed by atoms with Crippen LogP contribution >= 0.6 is 15.9 Å². The van der Waals surface area contributed by atoms with Crippen molar-refractivity contribution in [3.8, 4) is 0 Å². The van der Waals surface area contributed by atoms with Gasteiger partial charge in [0.2, 0.25) is 0 Å². The van der Waals surface area contributed by atoms with Crippen LogP contribution in [0.1, 0.15) is 36.0 Å². The van der Waals surface area contributed by atoms with Gasteiger partial charge in [0.25, 0.3) is 5.91 Å². The van der Waals surface area contributed by atoms with Crippen molar-refractivity contribution in [2.45, 2.75) is 31.7 Å². The number of carbonyl (C=O) groups is 1. The molecule has 0 unspecified atom stereocenters. The predicted octanol–water partition coefficient (Wildman–Crippen LogP) is 3.19. The second-order valence-electron chi connectivity index (χ2n) is 5.27. The molecule has 110 valence electrons. The zero-order valence-electron chi connectivity index (χ0n) is 11.7. The maximum absolute atomic E-state index is 13.6. The Hall–Kier alpha value is -0.940. The third-order valence-corrected chi connectivity index (χ3v) is 4.55. The molecule has 1 fully saturated rings. The number of nitrogens with one attached hydrogen (secondary N) is 1. The first-order chi connectivity index (χ1) is 9.59. The Morgan fingerprint density at radius 3 is 2.80 bits per heavy atom. The molecule has 2 rings (SSSR count). The topological polar surface area (TPSA) is 32.3 Å². The number of likely N-dealkylation sites (N-methyl/N-ethyl adjacent to an activating group) is 1. The van der Waals surface area contributed by atoms with Crippen molar-refractivity contribution in [1.29, 1.82) is 0 Å². The highest BCUT2D eigenvalue weighted by Crippen LogP contribution is 2.22. The van der Waals surface area contributed by atoms with Crippen LogP contribution in [0.15, 0.2) is 22.7 Å². The van der Waals surface area contributed by atoms with Crippen molar-refractivity contribution in [3.05, 3.63) is 34.1 Å². The molecule has 20 heavy (non-hydrogen) atoms. The lowest BCUT2D eigenvalue weighted by Gasteiger charge is -2.23. The lowest BCUT2D eigenvalue weighted by atomic mass is 10.2. The fourth-order valence-corrected chi connectivity index (χ4v) is 3.20. The monoisotopic (exact) mass is 342 g/mol. The number of rotatable bonds is 5. The van der Waals surface area contributed by atoms with E-state index >= 15 is 0 Å². The first-order valence-electron chi connectivity index (χ1n) is 7.02. The Kier molecular flexibility index (Phi) is 5.54. The van der Waals surface area contributed by atoms with Gasteiger partial charge in [0.1, 0.15) is 5.82 Å². The summed E-state index contributed by atoms with van der Waals surface area (Å²) in [5.41, 5.74) is 0.0796. The Labute approximate surface area is 127 Å². The van der Waals surface area contributed by atoms with Crippen molar-refractivity contribution in [2.24, 2.45) is 0 Å². The van der Waals surface area contributed by atoms with Crippen LogP contribution in [0.5, 0.6) is 0 Å². The van der Waals surface area contributed by atoms with Gasteiger partial charge < -0.3 is 10.2 Å².